The highest BCUT2D eigenvalue weighted by Crippen LogP contribution is 2.32. The first-order valence-corrected chi connectivity index (χ1v) is 11.3. The number of hydrogen-bond acceptors (Lipinski definition) is 5. The highest BCUT2D eigenvalue weighted by atomic mass is 35.5. The van der Waals surface area contributed by atoms with Gasteiger partial charge in [-0.25, -0.2) is 14.4 Å². The topological polar surface area (TPSA) is 59.1 Å². The van der Waals surface area contributed by atoms with Crippen LogP contribution in [0.4, 0.5) is 16.0 Å². The Bertz CT molecular complexity index is 866. The van der Waals surface area contributed by atoms with Gasteiger partial charge in [-0.3, -0.25) is 0 Å². The van der Waals surface area contributed by atoms with Crippen LogP contribution in [0.5, 0.6) is 0 Å². The van der Waals surface area contributed by atoms with E-state index in [9.17, 15) is 4.39 Å². The van der Waals surface area contributed by atoms with Crippen molar-refractivity contribution >= 4 is 23.2 Å². The molecule has 0 spiro atoms. The number of anilines is 2. The van der Waals surface area contributed by atoms with Crippen molar-refractivity contribution in [1.29, 1.82) is 0 Å². The molecule has 0 atom stereocenters. The quantitative estimate of drug-likeness (QED) is 0.594. The monoisotopic (exact) mass is 432 g/mol. The van der Waals surface area contributed by atoms with Gasteiger partial charge in [-0.15, -0.1) is 0 Å². The molecule has 3 heterocycles. The van der Waals surface area contributed by atoms with Crippen molar-refractivity contribution in [2.45, 2.75) is 57.9 Å². The first-order valence-electron chi connectivity index (χ1n) is 10.9. The van der Waals surface area contributed by atoms with E-state index in [1.165, 1.54) is 25.3 Å². The Labute approximate surface area is 182 Å². The Kier molecular flexibility index (Phi) is 6.74. The number of ether oxygens (including phenoxy) is 1. The van der Waals surface area contributed by atoms with Gasteiger partial charge in [-0.05, 0) is 49.3 Å². The van der Waals surface area contributed by atoms with Gasteiger partial charge in [0.2, 0.25) is 0 Å². The van der Waals surface area contributed by atoms with Gasteiger partial charge in [0.1, 0.15) is 5.82 Å². The summed E-state index contributed by atoms with van der Waals surface area (Å²) < 4.78 is 19.9. The molecule has 0 radical (unpaired) electrons. The molecule has 1 aliphatic carbocycles. The molecule has 0 amide bonds. The molecule has 7 heteroatoms. The fraction of sp³-hybridized carbons (Fsp3) is 0.565. The fourth-order valence-corrected chi connectivity index (χ4v) is 4.42. The van der Waals surface area contributed by atoms with Gasteiger partial charge in [0.05, 0.1) is 10.7 Å². The van der Waals surface area contributed by atoms with Gasteiger partial charge in [0.25, 0.3) is 0 Å². The molecule has 2 aromatic heterocycles. The maximum absolute atomic E-state index is 14.4. The van der Waals surface area contributed by atoms with Crippen LogP contribution in [-0.4, -0.2) is 35.8 Å². The lowest BCUT2D eigenvalue weighted by molar-refractivity contribution is 0.0299. The third-order valence-electron chi connectivity index (χ3n) is 6.32. The Hall–Kier alpha value is -1.92. The zero-order chi connectivity index (χ0) is 21.0. The van der Waals surface area contributed by atoms with Gasteiger partial charge < -0.3 is 15.4 Å². The van der Waals surface area contributed by atoms with Gasteiger partial charge in [-0.1, -0.05) is 37.8 Å². The molecule has 1 aliphatic heterocycles. The van der Waals surface area contributed by atoms with E-state index in [0.29, 0.717) is 23.3 Å². The lowest BCUT2D eigenvalue weighted by Crippen LogP contribution is -2.33. The molecular weight excluding hydrogens is 403 g/mol. The van der Waals surface area contributed by atoms with Crippen molar-refractivity contribution in [1.82, 2.24) is 9.97 Å². The van der Waals surface area contributed by atoms with Crippen molar-refractivity contribution in [3.63, 3.8) is 0 Å². The molecule has 0 bridgehead atoms. The molecule has 1 saturated carbocycles. The summed E-state index contributed by atoms with van der Waals surface area (Å²) in [6.45, 7) is 4.35. The third kappa shape index (κ3) is 5.22. The molecule has 4 rings (SSSR count). The lowest BCUT2D eigenvalue weighted by Gasteiger charge is -2.33. The molecular formula is C23H30ClFN4O. The van der Waals surface area contributed by atoms with Crippen LogP contribution in [0, 0.1) is 11.2 Å². The molecule has 162 valence electrons. The van der Waals surface area contributed by atoms with Crippen LogP contribution >= 0.6 is 11.6 Å². The Morgan fingerprint density at radius 1 is 1.20 bits per heavy atom. The lowest BCUT2D eigenvalue weighted by atomic mass is 9.82. The van der Waals surface area contributed by atoms with E-state index < -0.39 is 0 Å². The average molecular weight is 433 g/mol. The predicted molar refractivity (Wildman–Crippen MR) is 120 cm³/mol. The minimum Gasteiger partial charge on any atom is -0.381 e. The van der Waals surface area contributed by atoms with E-state index in [1.54, 1.807) is 12.3 Å². The zero-order valence-electron chi connectivity index (χ0n) is 17.5. The van der Waals surface area contributed by atoms with E-state index in [1.807, 2.05) is 6.07 Å². The van der Waals surface area contributed by atoms with E-state index in [-0.39, 0.29) is 17.1 Å². The summed E-state index contributed by atoms with van der Waals surface area (Å²) in [5.74, 6) is 0.687. The number of nitrogens with zero attached hydrogens (tertiary/aromatic N) is 2. The van der Waals surface area contributed by atoms with Crippen molar-refractivity contribution < 1.29 is 9.13 Å². The second kappa shape index (κ2) is 9.48. The van der Waals surface area contributed by atoms with E-state index >= 15 is 0 Å². The van der Waals surface area contributed by atoms with Crippen molar-refractivity contribution in [2.75, 3.05) is 30.4 Å². The average Bonchev–Trinajstić information content (AvgIpc) is 2.76. The molecule has 30 heavy (non-hydrogen) atoms. The summed E-state index contributed by atoms with van der Waals surface area (Å²) in [5.41, 5.74) is 1.47. The largest absolute Gasteiger partial charge is 0.381 e. The Morgan fingerprint density at radius 3 is 2.73 bits per heavy atom. The zero-order valence-corrected chi connectivity index (χ0v) is 18.3. The van der Waals surface area contributed by atoms with Crippen LogP contribution < -0.4 is 10.6 Å². The highest BCUT2D eigenvalue weighted by molar-refractivity contribution is 6.33. The number of pyridine rings is 2. The Morgan fingerprint density at radius 2 is 1.97 bits per heavy atom. The minimum atomic E-state index is -0.361. The SMILES string of the molecule is CC1(CNc2nc(-c3cc(NC4CCCCC4)ncc3Cl)ccc2F)CCOCC1. The molecule has 5 nitrogen and oxygen atoms in total. The smallest absolute Gasteiger partial charge is 0.165 e. The van der Waals surface area contributed by atoms with Crippen LogP contribution in [0.3, 0.4) is 0 Å². The maximum Gasteiger partial charge on any atom is 0.165 e. The van der Waals surface area contributed by atoms with E-state index in [0.717, 1.165) is 50.3 Å². The van der Waals surface area contributed by atoms with Crippen LogP contribution in [0.25, 0.3) is 11.3 Å². The van der Waals surface area contributed by atoms with Crippen LogP contribution in [-0.2, 0) is 4.74 Å². The number of hydrogen-bond donors (Lipinski definition) is 2. The van der Waals surface area contributed by atoms with Gasteiger partial charge in [-0.2, -0.15) is 0 Å². The highest BCUT2D eigenvalue weighted by Gasteiger charge is 2.27. The van der Waals surface area contributed by atoms with Crippen molar-refractivity contribution in [2.24, 2.45) is 5.41 Å². The summed E-state index contributed by atoms with van der Waals surface area (Å²) in [5, 5.41) is 7.24. The minimum absolute atomic E-state index is 0.0772. The van der Waals surface area contributed by atoms with Gasteiger partial charge >= 0.3 is 0 Å². The van der Waals surface area contributed by atoms with Crippen molar-refractivity contribution in [3.05, 3.63) is 35.2 Å². The van der Waals surface area contributed by atoms with Gasteiger partial charge in [0, 0.05) is 37.6 Å². The summed E-state index contributed by atoms with van der Waals surface area (Å²) in [6.07, 6.45) is 9.66. The van der Waals surface area contributed by atoms with Crippen LogP contribution in [0.15, 0.2) is 24.4 Å². The number of halogens is 2. The predicted octanol–water partition coefficient (Wildman–Crippen LogP) is 5.91. The van der Waals surface area contributed by atoms with Crippen molar-refractivity contribution in [3.8, 4) is 11.3 Å². The molecule has 1 saturated heterocycles. The molecule has 2 aromatic rings. The molecule has 2 N–H and O–H groups in total. The summed E-state index contributed by atoms with van der Waals surface area (Å²) in [4.78, 5) is 8.98. The van der Waals surface area contributed by atoms with Crippen LogP contribution in [0.2, 0.25) is 5.02 Å². The second-order valence-electron chi connectivity index (χ2n) is 8.83. The van der Waals surface area contributed by atoms with E-state index in [2.05, 4.69) is 27.5 Å². The standard InChI is InChI=1S/C23H30ClFN4O/c1-23(9-11-30-12-10-23)15-27-22-19(25)7-8-20(29-22)17-13-21(26-14-18(17)24)28-16-5-3-2-4-6-16/h7-8,13-14,16H,2-6,9-12,15H2,1H3,(H,26,28)(H,27,29). The first kappa shape index (κ1) is 21.3. The first-order chi connectivity index (χ1) is 14.5. The summed E-state index contributed by atoms with van der Waals surface area (Å²) in [7, 11) is 0. The van der Waals surface area contributed by atoms with Gasteiger partial charge in [0.15, 0.2) is 11.6 Å². The fourth-order valence-electron chi connectivity index (χ4n) is 4.22. The molecule has 2 aliphatic rings. The number of aromatic nitrogens is 2. The van der Waals surface area contributed by atoms with E-state index in [4.69, 9.17) is 16.3 Å². The second-order valence-corrected chi connectivity index (χ2v) is 9.24. The normalized spacial score (nSPS) is 19.4. The number of nitrogens with one attached hydrogen (secondary N) is 2. The molecule has 0 aromatic carbocycles. The van der Waals surface area contributed by atoms with Crippen LogP contribution in [0.1, 0.15) is 51.9 Å². The molecule has 0 unspecified atom stereocenters. The summed E-state index contributed by atoms with van der Waals surface area (Å²) >= 11 is 6.43. The Balaban J connectivity index is 1.51. The number of rotatable bonds is 6. The summed E-state index contributed by atoms with van der Waals surface area (Å²) in [6, 6.07) is 5.48. The molecule has 2 fully saturated rings. The maximum atomic E-state index is 14.4. The third-order valence-corrected chi connectivity index (χ3v) is 6.62.